The van der Waals surface area contributed by atoms with Gasteiger partial charge in [-0.2, -0.15) is 0 Å². The van der Waals surface area contributed by atoms with Gasteiger partial charge in [0.15, 0.2) is 6.61 Å². The summed E-state index contributed by atoms with van der Waals surface area (Å²) in [6.07, 6.45) is 0. The van der Waals surface area contributed by atoms with Crippen LogP contribution >= 0.6 is 46.4 Å². The molecular formula is C21H16Cl4N2O5. The molecule has 0 saturated carbocycles. The van der Waals surface area contributed by atoms with Crippen molar-refractivity contribution in [2.75, 3.05) is 11.9 Å². The van der Waals surface area contributed by atoms with Gasteiger partial charge < -0.3 is 10.1 Å². The van der Waals surface area contributed by atoms with Crippen molar-refractivity contribution in [2.45, 2.75) is 26.8 Å². The Labute approximate surface area is 203 Å². The molecule has 0 saturated heterocycles. The highest BCUT2D eigenvalue weighted by Crippen LogP contribution is 2.45. The molecule has 32 heavy (non-hydrogen) atoms. The molecule has 1 N–H and O–H groups in total. The first-order chi connectivity index (χ1) is 15.0. The van der Waals surface area contributed by atoms with Crippen molar-refractivity contribution < 1.29 is 23.9 Å². The van der Waals surface area contributed by atoms with E-state index in [0.717, 1.165) is 11.1 Å². The fraction of sp³-hybridized carbons (Fsp3) is 0.238. The second-order valence-electron chi connectivity index (χ2n) is 7.12. The minimum atomic E-state index is -1.36. The van der Waals surface area contributed by atoms with Gasteiger partial charge >= 0.3 is 5.97 Å². The topological polar surface area (TPSA) is 92.8 Å². The maximum atomic E-state index is 12.8. The maximum absolute atomic E-state index is 12.8. The number of carbonyl (C=O) groups excluding carboxylic acids is 4. The minimum absolute atomic E-state index is 0.182. The fourth-order valence-corrected chi connectivity index (χ4v) is 4.11. The summed E-state index contributed by atoms with van der Waals surface area (Å²) >= 11 is 24.1. The third-order valence-electron chi connectivity index (χ3n) is 5.00. The number of anilines is 1. The zero-order valence-corrected chi connectivity index (χ0v) is 20.0. The first kappa shape index (κ1) is 24.3. The van der Waals surface area contributed by atoms with Gasteiger partial charge in [0.25, 0.3) is 17.7 Å². The average Bonchev–Trinajstić information content (AvgIpc) is 3.01. The Morgan fingerprint density at radius 1 is 0.938 bits per heavy atom. The van der Waals surface area contributed by atoms with Crippen molar-refractivity contribution in [3.05, 3.63) is 60.5 Å². The number of benzene rings is 2. The highest BCUT2D eigenvalue weighted by molar-refractivity contribution is 6.55. The van der Waals surface area contributed by atoms with Crippen LogP contribution in [0, 0.1) is 13.8 Å². The molecule has 11 heteroatoms. The monoisotopic (exact) mass is 516 g/mol. The molecule has 0 spiro atoms. The van der Waals surface area contributed by atoms with E-state index in [1.807, 2.05) is 19.9 Å². The molecule has 1 aliphatic heterocycles. The SMILES string of the molecule is Cc1ccc(NC(=O)COC(=O)[C@H](C)N2C(=O)c3c(Cl)c(Cl)c(Cl)c(Cl)c3C2=O)cc1C. The molecule has 7 nitrogen and oxygen atoms in total. The fourth-order valence-electron chi connectivity index (χ4n) is 3.10. The number of rotatable bonds is 5. The lowest BCUT2D eigenvalue weighted by molar-refractivity contribution is -0.150. The Morgan fingerprint density at radius 3 is 1.97 bits per heavy atom. The molecule has 0 bridgehead atoms. The lowest BCUT2D eigenvalue weighted by Crippen LogP contribution is -2.44. The number of hydrogen-bond donors (Lipinski definition) is 1. The van der Waals surface area contributed by atoms with Crippen molar-refractivity contribution in [2.24, 2.45) is 0 Å². The zero-order valence-electron chi connectivity index (χ0n) is 17.0. The summed E-state index contributed by atoms with van der Waals surface area (Å²) in [7, 11) is 0. The summed E-state index contributed by atoms with van der Waals surface area (Å²) < 4.78 is 4.99. The first-order valence-corrected chi connectivity index (χ1v) is 10.7. The molecule has 1 heterocycles. The van der Waals surface area contributed by atoms with Gasteiger partial charge in [-0.15, -0.1) is 0 Å². The van der Waals surface area contributed by atoms with E-state index in [-0.39, 0.29) is 31.2 Å². The third kappa shape index (κ3) is 4.30. The first-order valence-electron chi connectivity index (χ1n) is 9.23. The van der Waals surface area contributed by atoms with Gasteiger partial charge in [0.1, 0.15) is 6.04 Å². The molecule has 1 atom stereocenters. The third-order valence-corrected chi connectivity index (χ3v) is 6.80. The molecule has 0 aliphatic carbocycles. The predicted molar refractivity (Wildman–Crippen MR) is 122 cm³/mol. The number of imide groups is 1. The van der Waals surface area contributed by atoms with Crippen LogP contribution in [0.2, 0.25) is 20.1 Å². The van der Waals surface area contributed by atoms with Gasteiger partial charge in [0.2, 0.25) is 0 Å². The summed E-state index contributed by atoms with van der Waals surface area (Å²) in [5.74, 6) is -3.31. The number of nitrogens with one attached hydrogen (secondary N) is 1. The summed E-state index contributed by atoms with van der Waals surface area (Å²) in [5, 5.41) is 1.75. The van der Waals surface area contributed by atoms with Crippen molar-refractivity contribution in [3.63, 3.8) is 0 Å². The van der Waals surface area contributed by atoms with Gasteiger partial charge in [0.05, 0.1) is 31.2 Å². The van der Waals surface area contributed by atoms with Crippen molar-refractivity contribution in [3.8, 4) is 0 Å². The standard InChI is InChI=1S/C21H16Cl4N2O5/c1-8-4-5-11(6-9(8)2)26-12(28)7-32-21(31)10(3)27-19(29)13-14(20(27)30)16(23)18(25)17(24)15(13)22/h4-6,10H,7H2,1-3H3,(H,26,28)/t10-/m0/s1. The van der Waals surface area contributed by atoms with Gasteiger partial charge in [-0.25, -0.2) is 4.79 Å². The van der Waals surface area contributed by atoms with E-state index in [0.29, 0.717) is 10.6 Å². The molecule has 0 aromatic heterocycles. The molecule has 0 fully saturated rings. The van der Waals surface area contributed by atoms with Gasteiger partial charge in [-0.3, -0.25) is 19.3 Å². The van der Waals surface area contributed by atoms with E-state index in [4.69, 9.17) is 51.1 Å². The number of amides is 3. The number of nitrogens with zero attached hydrogens (tertiary/aromatic N) is 1. The van der Waals surface area contributed by atoms with Crippen molar-refractivity contribution in [1.29, 1.82) is 0 Å². The Kier molecular flexibility index (Phi) is 7.05. The smallest absolute Gasteiger partial charge is 0.329 e. The Bertz CT molecular complexity index is 1130. The van der Waals surface area contributed by atoms with Crippen LogP contribution in [0.4, 0.5) is 5.69 Å². The van der Waals surface area contributed by atoms with E-state index in [2.05, 4.69) is 5.32 Å². The molecule has 2 aromatic rings. The normalized spacial score (nSPS) is 13.8. The summed E-state index contributed by atoms with van der Waals surface area (Å²) in [6, 6.07) is 3.98. The summed E-state index contributed by atoms with van der Waals surface area (Å²) in [5.41, 5.74) is 2.09. The number of ether oxygens (including phenoxy) is 1. The number of carbonyl (C=O) groups is 4. The van der Waals surface area contributed by atoms with Crippen LogP contribution in [0.3, 0.4) is 0 Å². The number of halogens is 4. The van der Waals surface area contributed by atoms with Crippen molar-refractivity contribution in [1.82, 2.24) is 4.90 Å². The number of fused-ring (bicyclic) bond motifs is 1. The van der Waals surface area contributed by atoms with Crippen LogP contribution in [0.25, 0.3) is 0 Å². The van der Waals surface area contributed by atoms with Crippen LogP contribution in [0.1, 0.15) is 38.8 Å². The second-order valence-corrected chi connectivity index (χ2v) is 8.63. The highest BCUT2D eigenvalue weighted by atomic mass is 35.5. The van der Waals surface area contributed by atoms with Crippen LogP contribution in [0.15, 0.2) is 18.2 Å². The molecule has 168 valence electrons. The number of aryl methyl sites for hydroxylation is 2. The number of esters is 1. The largest absolute Gasteiger partial charge is 0.454 e. The van der Waals surface area contributed by atoms with Crippen LogP contribution < -0.4 is 5.32 Å². The Hall–Kier alpha value is -2.32. The average molecular weight is 518 g/mol. The molecule has 0 unspecified atom stereocenters. The quantitative estimate of drug-likeness (QED) is 0.258. The summed E-state index contributed by atoms with van der Waals surface area (Å²) in [6.45, 7) is 4.49. The minimum Gasteiger partial charge on any atom is -0.454 e. The summed E-state index contributed by atoms with van der Waals surface area (Å²) in [4.78, 5) is 50.8. The lowest BCUT2D eigenvalue weighted by atomic mass is 10.1. The van der Waals surface area contributed by atoms with Crippen LogP contribution in [-0.2, 0) is 14.3 Å². The maximum Gasteiger partial charge on any atom is 0.329 e. The Morgan fingerprint density at radius 2 is 1.47 bits per heavy atom. The lowest BCUT2D eigenvalue weighted by Gasteiger charge is -2.20. The molecule has 3 amide bonds. The predicted octanol–water partition coefficient (Wildman–Crippen LogP) is 5.08. The van der Waals surface area contributed by atoms with E-state index >= 15 is 0 Å². The molecular weight excluding hydrogens is 502 g/mol. The molecule has 3 rings (SSSR count). The van der Waals surface area contributed by atoms with Crippen LogP contribution in [-0.4, -0.2) is 41.2 Å². The zero-order chi connectivity index (χ0) is 23.9. The van der Waals surface area contributed by atoms with E-state index in [1.165, 1.54) is 6.92 Å². The van der Waals surface area contributed by atoms with Crippen LogP contribution in [0.5, 0.6) is 0 Å². The highest BCUT2D eigenvalue weighted by Gasteiger charge is 2.45. The van der Waals surface area contributed by atoms with E-state index in [1.54, 1.807) is 12.1 Å². The van der Waals surface area contributed by atoms with Crippen molar-refractivity contribution >= 4 is 75.8 Å². The second kappa shape index (κ2) is 9.27. The van der Waals surface area contributed by atoms with Gasteiger partial charge in [-0.1, -0.05) is 52.5 Å². The van der Waals surface area contributed by atoms with E-state index in [9.17, 15) is 19.2 Å². The van der Waals surface area contributed by atoms with E-state index < -0.39 is 36.3 Å². The number of hydrogen-bond acceptors (Lipinski definition) is 5. The Balaban J connectivity index is 1.70. The molecule has 1 aliphatic rings. The van der Waals surface area contributed by atoms with Gasteiger partial charge in [-0.05, 0) is 44.0 Å². The van der Waals surface area contributed by atoms with Gasteiger partial charge in [0, 0.05) is 5.69 Å². The molecule has 2 aromatic carbocycles. The molecule has 0 radical (unpaired) electrons.